The fourth-order valence-electron chi connectivity index (χ4n) is 2.22. The highest BCUT2D eigenvalue weighted by Gasteiger charge is 2.15. The summed E-state index contributed by atoms with van der Waals surface area (Å²) >= 11 is 12.0. The molecular weight excluding hydrogens is 295 g/mol. The van der Waals surface area contributed by atoms with Crippen molar-refractivity contribution in [3.05, 3.63) is 63.6 Å². The summed E-state index contributed by atoms with van der Waals surface area (Å²) < 4.78 is 5.34. The average Bonchev–Trinajstić information content (AvgIpc) is 2.45. The van der Waals surface area contributed by atoms with Gasteiger partial charge in [0.1, 0.15) is 5.75 Å². The van der Waals surface area contributed by atoms with Gasteiger partial charge in [0, 0.05) is 16.0 Å². The van der Waals surface area contributed by atoms with Gasteiger partial charge in [0.2, 0.25) is 0 Å². The highest BCUT2D eigenvalue weighted by Crippen LogP contribution is 2.29. The molecule has 0 bridgehead atoms. The Hall–Kier alpha value is -1.22. The zero-order valence-corrected chi connectivity index (χ0v) is 12.7. The first kappa shape index (κ1) is 15.2. The number of hydrogen-bond donors (Lipinski definition) is 1. The van der Waals surface area contributed by atoms with Crippen molar-refractivity contribution in [2.24, 2.45) is 0 Å². The number of aliphatic hydroxyl groups is 1. The van der Waals surface area contributed by atoms with Crippen LogP contribution in [0.5, 0.6) is 5.75 Å². The standard InChI is InChI=1S/C16H16Cl2O2/c1-20-16-6-5-15(18)9-12(16)7-13(10-19)11-3-2-4-14(17)8-11/h2-6,8-9,13,19H,7,10H2,1H3. The molecule has 2 rings (SSSR count). The summed E-state index contributed by atoms with van der Waals surface area (Å²) in [6.45, 7) is 0.0377. The van der Waals surface area contributed by atoms with E-state index in [0.29, 0.717) is 16.5 Å². The van der Waals surface area contributed by atoms with Crippen molar-refractivity contribution in [1.29, 1.82) is 0 Å². The average molecular weight is 311 g/mol. The summed E-state index contributed by atoms with van der Waals surface area (Å²) in [4.78, 5) is 0. The normalized spacial score (nSPS) is 12.2. The van der Waals surface area contributed by atoms with Crippen LogP contribution in [0.1, 0.15) is 17.0 Å². The molecule has 1 atom stereocenters. The molecule has 1 N–H and O–H groups in total. The Morgan fingerprint density at radius 2 is 1.85 bits per heavy atom. The fourth-order valence-corrected chi connectivity index (χ4v) is 2.61. The van der Waals surface area contributed by atoms with E-state index in [1.807, 2.05) is 36.4 Å². The van der Waals surface area contributed by atoms with Gasteiger partial charge in [0.05, 0.1) is 13.7 Å². The highest BCUT2D eigenvalue weighted by molar-refractivity contribution is 6.31. The van der Waals surface area contributed by atoms with Crippen LogP contribution < -0.4 is 4.74 Å². The second-order valence-electron chi connectivity index (χ2n) is 4.59. The van der Waals surface area contributed by atoms with E-state index in [1.54, 1.807) is 13.2 Å². The molecule has 106 valence electrons. The molecule has 2 aromatic carbocycles. The summed E-state index contributed by atoms with van der Waals surface area (Å²) in [5.74, 6) is 0.732. The lowest BCUT2D eigenvalue weighted by molar-refractivity contribution is 0.263. The SMILES string of the molecule is COc1ccc(Cl)cc1CC(CO)c1cccc(Cl)c1. The van der Waals surface area contributed by atoms with Crippen LogP contribution in [-0.2, 0) is 6.42 Å². The van der Waals surface area contributed by atoms with E-state index >= 15 is 0 Å². The largest absolute Gasteiger partial charge is 0.496 e. The van der Waals surface area contributed by atoms with E-state index in [2.05, 4.69) is 0 Å². The van der Waals surface area contributed by atoms with Crippen LogP contribution in [0, 0.1) is 0 Å². The van der Waals surface area contributed by atoms with Crippen molar-refractivity contribution < 1.29 is 9.84 Å². The molecule has 0 aliphatic heterocycles. The Morgan fingerprint density at radius 3 is 2.50 bits per heavy atom. The topological polar surface area (TPSA) is 29.5 Å². The van der Waals surface area contributed by atoms with E-state index in [1.165, 1.54) is 0 Å². The van der Waals surface area contributed by atoms with Crippen molar-refractivity contribution in [1.82, 2.24) is 0 Å². The van der Waals surface area contributed by atoms with Crippen LogP contribution in [0.4, 0.5) is 0 Å². The second-order valence-corrected chi connectivity index (χ2v) is 5.47. The third-order valence-corrected chi connectivity index (χ3v) is 3.72. The Balaban J connectivity index is 2.28. The van der Waals surface area contributed by atoms with Crippen molar-refractivity contribution in [3.8, 4) is 5.75 Å². The van der Waals surface area contributed by atoms with Crippen LogP contribution in [0.2, 0.25) is 10.0 Å². The lowest BCUT2D eigenvalue weighted by atomic mass is 9.92. The minimum Gasteiger partial charge on any atom is -0.496 e. The Morgan fingerprint density at radius 1 is 1.10 bits per heavy atom. The molecule has 0 aliphatic rings. The van der Waals surface area contributed by atoms with Gasteiger partial charge in [-0.3, -0.25) is 0 Å². The van der Waals surface area contributed by atoms with Crippen LogP contribution >= 0.6 is 23.2 Å². The molecule has 0 amide bonds. The second kappa shape index (κ2) is 6.98. The van der Waals surface area contributed by atoms with Gasteiger partial charge in [-0.1, -0.05) is 35.3 Å². The Bertz CT molecular complexity index is 584. The molecule has 4 heteroatoms. The predicted octanol–water partition coefficient (Wildman–Crippen LogP) is 4.32. The van der Waals surface area contributed by atoms with E-state index in [0.717, 1.165) is 16.9 Å². The highest BCUT2D eigenvalue weighted by atomic mass is 35.5. The van der Waals surface area contributed by atoms with E-state index in [-0.39, 0.29) is 12.5 Å². The third-order valence-electron chi connectivity index (χ3n) is 3.25. The van der Waals surface area contributed by atoms with Gasteiger partial charge in [-0.25, -0.2) is 0 Å². The van der Waals surface area contributed by atoms with Crippen LogP contribution in [0.3, 0.4) is 0 Å². The number of methoxy groups -OCH3 is 1. The molecular formula is C16H16Cl2O2. The monoisotopic (exact) mass is 310 g/mol. The Kier molecular flexibility index (Phi) is 5.30. The third kappa shape index (κ3) is 3.66. The van der Waals surface area contributed by atoms with E-state index in [9.17, 15) is 5.11 Å². The molecule has 0 saturated heterocycles. The van der Waals surface area contributed by atoms with Gasteiger partial charge in [-0.05, 0) is 47.9 Å². The number of aliphatic hydroxyl groups excluding tert-OH is 1. The molecule has 0 radical (unpaired) electrons. The number of benzene rings is 2. The van der Waals surface area contributed by atoms with Crippen LogP contribution in [-0.4, -0.2) is 18.8 Å². The molecule has 2 aromatic rings. The summed E-state index contributed by atoms with van der Waals surface area (Å²) in [7, 11) is 1.63. The van der Waals surface area contributed by atoms with E-state index in [4.69, 9.17) is 27.9 Å². The fraction of sp³-hybridized carbons (Fsp3) is 0.250. The molecule has 1 unspecified atom stereocenters. The molecule has 2 nitrogen and oxygen atoms in total. The first-order valence-corrected chi connectivity index (χ1v) is 7.08. The minimum atomic E-state index is -0.0407. The minimum absolute atomic E-state index is 0.0377. The molecule has 0 spiro atoms. The van der Waals surface area contributed by atoms with E-state index < -0.39 is 0 Å². The van der Waals surface area contributed by atoms with Gasteiger partial charge in [-0.2, -0.15) is 0 Å². The zero-order valence-electron chi connectivity index (χ0n) is 11.1. The molecule has 0 fully saturated rings. The predicted molar refractivity (Wildman–Crippen MR) is 83.0 cm³/mol. The zero-order chi connectivity index (χ0) is 14.5. The lowest BCUT2D eigenvalue weighted by Crippen LogP contribution is -2.08. The smallest absolute Gasteiger partial charge is 0.122 e. The molecule has 20 heavy (non-hydrogen) atoms. The summed E-state index contributed by atoms with van der Waals surface area (Å²) in [5.41, 5.74) is 1.97. The quantitative estimate of drug-likeness (QED) is 0.891. The summed E-state index contributed by atoms with van der Waals surface area (Å²) in [5, 5.41) is 11.0. The Labute approximate surface area is 128 Å². The first-order valence-electron chi connectivity index (χ1n) is 6.32. The maximum Gasteiger partial charge on any atom is 0.122 e. The first-order chi connectivity index (χ1) is 9.63. The number of hydrogen-bond acceptors (Lipinski definition) is 2. The van der Waals surface area contributed by atoms with Gasteiger partial charge < -0.3 is 9.84 Å². The van der Waals surface area contributed by atoms with Gasteiger partial charge >= 0.3 is 0 Å². The van der Waals surface area contributed by atoms with Gasteiger partial charge in [-0.15, -0.1) is 0 Å². The number of rotatable bonds is 5. The maximum atomic E-state index is 9.65. The molecule has 0 heterocycles. The van der Waals surface area contributed by atoms with Crippen LogP contribution in [0.25, 0.3) is 0 Å². The molecule has 0 saturated carbocycles. The number of ether oxygens (including phenoxy) is 1. The molecule has 0 aliphatic carbocycles. The van der Waals surface area contributed by atoms with Crippen molar-refractivity contribution in [2.45, 2.75) is 12.3 Å². The number of halogens is 2. The molecule has 0 aromatic heterocycles. The van der Waals surface area contributed by atoms with Gasteiger partial charge in [0.15, 0.2) is 0 Å². The van der Waals surface area contributed by atoms with Gasteiger partial charge in [0.25, 0.3) is 0 Å². The summed E-state index contributed by atoms with van der Waals surface area (Å²) in [6.07, 6.45) is 0.639. The van der Waals surface area contributed by atoms with Crippen molar-refractivity contribution >= 4 is 23.2 Å². The van der Waals surface area contributed by atoms with Crippen molar-refractivity contribution in [2.75, 3.05) is 13.7 Å². The summed E-state index contributed by atoms with van der Waals surface area (Å²) in [6, 6.07) is 13.0. The van der Waals surface area contributed by atoms with Crippen LogP contribution in [0.15, 0.2) is 42.5 Å². The van der Waals surface area contributed by atoms with Crippen molar-refractivity contribution in [3.63, 3.8) is 0 Å². The lowest BCUT2D eigenvalue weighted by Gasteiger charge is -2.17. The maximum absolute atomic E-state index is 9.65.